The van der Waals surface area contributed by atoms with Crippen molar-refractivity contribution in [2.75, 3.05) is 0 Å². The van der Waals surface area contributed by atoms with Gasteiger partial charge in [0.2, 0.25) is 0 Å². The van der Waals surface area contributed by atoms with Gasteiger partial charge in [-0.05, 0) is 0 Å². The summed E-state index contributed by atoms with van der Waals surface area (Å²) < 4.78 is 1.27. The Balaban J connectivity index is 2.74. The van der Waals surface area contributed by atoms with Crippen LogP contribution in [-0.4, -0.2) is 23.0 Å². The van der Waals surface area contributed by atoms with Gasteiger partial charge in [-0.3, -0.25) is 0 Å². The summed E-state index contributed by atoms with van der Waals surface area (Å²) >= 11 is 7.24. The van der Waals surface area contributed by atoms with Crippen molar-refractivity contribution in [1.82, 2.24) is 0 Å². The molecule has 3 heteroatoms. The van der Waals surface area contributed by atoms with Crippen molar-refractivity contribution in [3.8, 4) is 0 Å². The molecule has 1 aliphatic heterocycles. The van der Waals surface area contributed by atoms with Crippen LogP contribution < -0.4 is 0 Å². The SMILES string of the molecule is C[Si](C)(C)/C(Cl)=C1/CCC[Se]C1. The molecule has 12 heavy (non-hydrogen) atoms. The van der Waals surface area contributed by atoms with Crippen LogP contribution in [0.15, 0.2) is 10.2 Å². The van der Waals surface area contributed by atoms with Crippen LogP contribution in [0.2, 0.25) is 30.3 Å². The van der Waals surface area contributed by atoms with Crippen LogP contribution >= 0.6 is 11.6 Å². The fourth-order valence-electron chi connectivity index (χ4n) is 1.36. The van der Waals surface area contributed by atoms with Crippen molar-refractivity contribution in [1.29, 1.82) is 0 Å². The average Bonchev–Trinajstić information content (AvgIpc) is 2.03. The Kier molecular flexibility index (Phi) is 3.90. The molecular formula is C9H17ClSeSi. The molecule has 0 spiro atoms. The number of rotatable bonds is 1. The molecule has 0 N–H and O–H groups in total. The van der Waals surface area contributed by atoms with E-state index >= 15 is 0 Å². The Morgan fingerprint density at radius 3 is 2.50 bits per heavy atom. The van der Waals surface area contributed by atoms with E-state index in [0.29, 0.717) is 0 Å². The summed E-state index contributed by atoms with van der Waals surface area (Å²) in [5.74, 6) is 0. The Hall–Kier alpha value is 0.766. The minimum atomic E-state index is -1.19. The van der Waals surface area contributed by atoms with Gasteiger partial charge in [-0.2, -0.15) is 0 Å². The molecule has 1 saturated heterocycles. The van der Waals surface area contributed by atoms with Gasteiger partial charge in [0.05, 0.1) is 0 Å². The van der Waals surface area contributed by atoms with E-state index in [4.69, 9.17) is 11.6 Å². The van der Waals surface area contributed by atoms with Crippen LogP contribution in [0.1, 0.15) is 12.8 Å². The molecule has 0 bridgehead atoms. The third-order valence-corrected chi connectivity index (χ3v) is 8.02. The second-order valence-corrected chi connectivity index (χ2v) is 12.3. The monoisotopic (exact) mass is 268 g/mol. The first-order chi connectivity index (χ1) is 5.52. The van der Waals surface area contributed by atoms with E-state index in [-0.39, 0.29) is 0 Å². The van der Waals surface area contributed by atoms with Gasteiger partial charge >= 0.3 is 88.0 Å². The van der Waals surface area contributed by atoms with Crippen LogP contribution in [0.5, 0.6) is 0 Å². The fraction of sp³-hybridized carbons (Fsp3) is 0.778. The maximum atomic E-state index is 6.39. The zero-order valence-electron chi connectivity index (χ0n) is 8.11. The predicted octanol–water partition coefficient (Wildman–Crippen LogP) is 3.69. The zero-order valence-corrected chi connectivity index (χ0v) is 11.6. The maximum absolute atomic E-state index is 6.39. The molecule has 1 rings (SSSR count). The molecule has 0 nitrogen and oxygen atoms in total. The second kappa shape index (κ2) is 4.32. The summed E-state index contributed by atoms with van der Waals surface area (Å²) in [6, 6.07) is 0. The number of hydrogen-bond donors (Lipinski definition) is 0. The van der Waals surface area contributed by atoms with E-state index in [2.05, 4.69) is 19.6 Å². The van der Waals surface area contributed by atoms with E-state index in [0.717, 1.165) is 15.0 Å². The second-order valence-electron chi connectivity index (χ2n) is 4.32. The van der Waals surface area contributed by atoms with Crippen LogP contribution in [0.25, 0.3) is 0 Å². The third-order valence-electron chi connectivity index (χ3n) is 2.01. The van der Waals surface area contributed by atoms with Crippen LogP contribution in [0, 0.1) is 0 Å². The van der Waals surface area contributed by atoms with E-state index < -0.39 is 8.07 Å². The molecule has 0 aromatic heterocycles. The normalized spacial score (nSPS) is 24.0. The fourth-order valence-corrected chi connectivity index (χ4v) is 5.42. The summed E-state index contributed by atoms with van der Waals surface area (Å²) in [7, 11) is -1.19. The molecule has 0 atom stereocenters. The average molecular weight is 268 g/mol. The van der Waals surface area contributed by atoms with Crippen molar-refractivity contribution in [2.24, 2.45) is 0 Å². The molecule has 0 aromatic carbocycles. The summed E-state index contributed by atoms with van der Waals surface area (Å²) in [6.45, 7) is 7.01. The number of halogens is 1. The first-order valence-corrected chi connectivity index (χ1v) is 10.8. The van der Waals surface area contributed by atoms with Crippen LogP contribution in [0.4, 0.5) is 0 Å². The quantitative estimate of drug-likeness (QED) is 0.636. The molecule has 0 unspecified atom stereocenters. The zero-order chi connectivity index (χ0) is 9.19. The molecular weight excluding hydrogens is 251 g/mol. The molecule has 0 saturated carbocycles. The topological polar surface area (TPSA) is 0 Å². The van der Waals surface area contributed by atoms with Crippen LogP contribution in [-0.2, 0) is 0 Å². The molecule has 1 aliphatic rings. The van der Waals surface area contributed by atoms with Crippen molar-refractivity contribution in [3.05, 3.63) is 10.2 Å². The Morgan fingerprint density at radius 1 is 1.42 bits per heavy atom. The Bertz CT molecular complexity index is 185. The number of hydrogen-bond acceptors (Lipinski definition) is 0. The third kappa shape index (κ3) is 2.92. The molecule has 70 valence electrons. The van der Waals surface area contributed by atoms with Crippen molar-refractivity contribution in [3.63, 3.8) is 0 Å². The first kappa shape index (κ1) is 10.8. The molecule has 1 fully saturated rings. The van der Waals surface area contributed by atoms with E-state index in [1.54, 1.807) is 5.57 Å². The van der Waals surface area contributed by atoms with Crippen molar-refractivity contribution >= 4 is 34.6 Å². The first-order valence-electron chi connectivity index (χ1n) is 4.47. The summed E-state index contributed by atoms with van der Waals surface area (Å²) in [5, 5.41) is 2.79. The Morgan fingerprint density at radius 2 is 2.08 bits per heavy atom. The summed E-state index contributed by atoms with van der Waals surface area (Å²) in [6.07, 6.45) is 2.67. The Labute approximate surface area is 87.9 Å². The van der Waals surface area contributed by atoms with Gasteiger partial charge in [0.15, 0.2) is 0 Å². The molecule has 0 aliphatic carbocycles. The van der Waals surface area contributed by atoms with Crippen LogP contribution in [0.3, 0.4) is 0 Å². The summed E-state index contributed by atoms with van der Waals surface area (Å²) in [5.41, 5.74) is 1.60. The van der Waals surface area contributed by atoms with Gasteiger partial charge in [-0.25, -0.2) is 0 Å². The number of allylic oxidation sites excluding steroid dienone is 1. The van der Waals surface area contributed by atoms with E-state index in [9.17, 15) is 0 Å². The molecule has 0 radical (unpaired) electrons. The molecule has 0 aromatic rings. The molecule has 1 heterocycles. The van der Waals surface area contributed by atoms with Gasteiger partial charge in [0.25, 0.3) is 0 Å². The van der Waals surface area contributed by atoms with E-state index in [1.165, 1.54) is 28.1 Å². The van der Waals surface area contributed by atoms with Gasteiger partial charge in [0.1, 0.15) is 0 Å². The van der Waals surface area contributed by atoms with Crippen molar-refractivity contribution < 1.29 is 0 Å². The predicted molar refractivity (Wildman–Crippen MR) is 60.8 cm³/mol. The van der Waals surface area contributed by atoms with E-state index in [1.807, 2.05) is 0 Å². The minimum absolute atomic E-state index is 0.855. The van der Waals surface area contributed by atoms with Crippen molar-refractivity contribution in [2.45, 2.75) is 43.1 Å². The summed E-state index contributed by atoms with van der Waals surface area (Å²) in [4.78, 5) is 0. The van der Waals surface area contributed by atoms with Gasteiger partial charge in [-0.1, -0.05) is 0 Å². The van der Waals surface area contributed by atoms with Gasteiger partial charge in [0, 0.05) is 0 Å². The molecule has 0 amide bonds. The van der Waals surface area contributed by atoms with Gasteiger partial charge in [-0.15, -0.1) is 0 Å². The standard InChI is InChI=1S/C9H17ClSeSi/c1-12(2,3)9(10)8-5-4-6-11-7-8/h4-7H2,1-3H3/b9-8-. The van der Waals surface area contributed by atoms with Gasteiger partial charge < -0.3 is 0 Å².